The molecule has 0 bridgehead atoms. The number of anilines is 1. The molecule has 1 aromatic carbocycles. The van der Waals surface area contributed by atoms with E-state index in [0.29, 0.717) is 36.8 Å². The van der Waals surface area contributed by atoms with Gasteiger partial charge in [-0.3, -0.25) is 19.2 Å². The third kappa shape index (κ3) is 3.88. The fourth-order valence-corrected chi connectivity index (χ4v) is 5.02. The monoisotopic (exact) mass is 443 g/mol. The summed E-state index contributed by atoms with van der Waals surface area (Å²) in [6.45, 7) is 14.7. The molecule has 0 amide bonds. The van der Waals surface area contributed by atoms with Crippen molar-refractivity contribution in [2.24, 2.45) is 5.92 Å². The van der Waals surface area contributed by atoms with E-state index < -0.39 is 17.1 Å². The topological polar surface area (TPSA) is 74.9 Å². The molecule has 2 atom stereocenters. The molecule has 4 rings (SSSR count). The largest absolute Gasteiger partial charge is 0.492 e. The van der Waals surface area contributed by atoms with Crippen LogP contribution in [0.2, 0.25) is 0 Å². The molecule has 1 saturated heterocycles. The number of rotatable bonds is 8. The van der Waals surface area contributed by atoms with E-state index in [9.17, 15) is 9.59 Å². The number of halogens is 1. The molecule has 0 radical (unpaired) electrons. The zero-order valence-corrected chi connectivity index (χ0v) is 18.9. The minimum absolute atomic E-state index is 0.000900. The number of fused-ring (bicyclic) bond motifs is 1. The average molecular weight is 444 g/mol. The van der Waals surface area contributed by atoms with Gasteiger partial charge in [0.2, 0.25) is 6.54 Å². The van der Waals surface area contributed by atoms with Gasteiger partial charge in [0, 0.05) is 25.2 Å². The Labute approximate surface area is 186 Å². The van der Waals surface area contributed by atoms with Crippen molar-refractivity contribution < 1.29 is 9.13 Å². The first-order valence-corrected chi connectivity index (χ1v) is 11.3. The number of aromatic nitrogens is 2. The highest BCUT2D eigenvalue weighted by Crippen LogP contribution is 2.43. The highest BCUT2D eigenvalue weighted by atomic mass is 19.1. The van der Waals surface area contributed by atoms with Crippen molar-refractivity contribution in [2.75, 3.05) is 44.7 Å². The average Bonchev–Trinajstić information content (AvgIpc) is 3.49. The van der Waals surface area contributed by atoms with E-state index in [-0.39, 0.29) is 23.2 Å². The van der Waals surface area contributed by atoms with E-state index in [1.54, 1.807) is 4.57 Å². The molecule has 2 heterocycles. The van der Waals surface area contributed by atoms with E-state index >= 15 is 4.39 Å². The first-order chi connectivity index (χ1) is 15.4. The number of hydrogen-bond acceptors (Lipinski definition) is 5. The number of benzene rings is 1. The molecule has 1 aromatic heterocycles. The molecule has 0 spiro atoms. The lowest BCUT2D eigenvalue weighted by molar-refractivity contribution is 0.177. The Morgan fingerprint density at radius 3 is 2.75 bits per heavy atom. The molecular formula is C23H30FN5O3. The number of hydrogen-bond donors (Lipinski definition) is 1. The molecular weight excluding hydrogens is 413 g/mol. The van der Waals surface area contributed by atoms with Gasteiger partial charge in [-0.25, -0.2) is 15.8 Å². The van der Waals surface area contributed by atoms with E-state index in [2.05, 4.69) is 28.6 Å². The molecule has 1 aliphatic heterocycles. The lowest BCUT2D eigenvalue weighted by Crippen LogP contribution is -2.41. The summed E-state index contributed by atoms with van der Waals surface area (Å²) in [6.07, 6.45) is 2.58. The van der Waals surface area contributed by atoms with Gasteiger partial charge in [0.1, 0.15) is 11.2 Å². The molecule has 172 valence electrons. The number of methoxy groups -OCH3 is 1. The Kier molecular flexibility index (Phi) is 6.24. The summed E-state index contributed by atoms with van der Waals surface area (Å²) in [5, 5.41) is 0.134. The van der Waals surface area contributed by atoms with Crippen LogP contribution in [-0.2, 0) is 0 Å². The smallest absolute Gasteiger partial charge is 0.329 e. The Bertz CT molecular complexity index is 1160. The van der Waals surface area contributed by atoms with Gasteiger partial charge in [-0.05, 0) is 44.7 Å². The molecule has 1 N–H and O–H groups in total. The SMILES string of the molecule is [C-]#[N+]CCN(CC)C(C)C1CCN(c2c(F)cc3c(=O)[nH]c(=O)n(C4CC4)c3c2OC)C1. The fraction of sp³-hybridized carbons (Fsp3) is 0.609. The summed E-state index contributed by atoms with van der Waals surface area (Å²) in [6, 6.07) is 1.49. The van der Waals surface area contributed by atoms with Crippen molar-refractivity contribution in [3.05, 3.63) is 44.1 Å². The van der Waals surface area contributed by atoms with Crippen molar-refractivity contribution >= 4 is 16.6 Å². The Morgan fingerprint density at radius 1 is 1.38 bits per heavy atom. The summed E-state index contributed by atoms with van der Waals surface area (Å²) in [4.78, 5) is 35.1. The molecule has 8 nitrogen and oxygen atoms in total. The normalized spacial score (nSPS) is 19.5. The third-order valence-electron chi connectivity index (χ3n) is 6.93. The molecule has 1 aliphatic carbocycles. The summed E-state index contributed by atoms with van der Waals surface area (Å²) < 4.78 is 22.6. The highest BCUT2D eigenvalue weighted by molar-refractivity contribution is 5.91. The van der Waals surface area contributed by atoms with Gasteiger partial charge >= 0.3 is 5.69 Å². The standard InChI is InChI=1S/C23H30FN5O3/c1-5-27(11-9-25-3)14(2)15-8-10-28(13-15)20-18(24)12-17-19(21(20)32-4)29(16-6-7-16)23(31)26-22(17)30/h12,14-16H,5-11,13H2,1-2,4H3,(H,26,30,31). The number of nitrogens with one attached hydrogen (secondary N) is 1. The number of nitrogens with zero attached hydrogens (tertiary/aromatic N) is 4. The minimum atomic E-state index is -0.600. The molecule has 2 aromatic rings. The quantitative estimate of drug-likeness (QED) is 0.635. The second-order valence-electron chi connectivity index (χ2n) is 8.74. The Morgan fingerprint density at radius 2 is 2.12 bits per heavy atom. The minimum Gasteiger partial charge on any atom is -0.492 e. The van der Waals surface area contributed by atoms with Crippen LogP contribution in [0.5, 0.6) is 5.75 Å². The second-order valence-corrected chi connectivity index (χ2v) is 8.74. The van der Waals surface area contributed by atoms with E-state index in [4.69, 9.17) is 11.3 Å². The van der Waals surface area contributed by atoms with Crippen LogP contribution in [0.25, 0.3) is 15.7 Å². The lowest BCUT2D eigenvalue weighted by atomic mass is 9.99. The lowest BCUT2D eigenvalue weighted by Gasteiger charge is -2.31. The zero-order valence-electron chi connectivity index (χ0n) is 18.9. The fourth-order valence-electron chi connectivity index (χ4n) is 5.02. The van der Waals surface area contributed by atoms with E-state index in [0.717, 1.165) is 32.4 Å². The number of likely N-dealkylation sites (N-methyl/N-ethyl adjacent to an activating group) is 1. The van der Waals surface area contributed by atoms with Crippen molar-refractivity contribution in [3.8, 4) is 5.75 Å². The predicted octanol–water partition coefficient (Wildman–Crippen LogP) is 2.63. The van der Waals surface area contributed by atoms with Crippen LogP contribution in [0.1, 0.15) is 39.2 Å². The van der Waals surface area contributed by atoms with Gasteiger partial charge in [-0.15, -0.1) is 0 Å². The summed E-state index contributed by atoms with van der Waals surface area (Å²) in [7, 11) is 1.46. The van der Waals surface area contributed by atoms with Gasteiger partial charge in [-0.1, -0.05) is 6.92 Å². The summed E-state index contributed by atoms with van der Waals surface area (Å²) in [5.41, 5.74) is -0.383. The van der Waals surface area contributed by atoms with Crippen LogP contribution in [0.3, 0.4) is 0 Å². The zero-order chi connectivity index (χ0) is 23.0. The summed E-state index contributed by atoms with van der Waals surface area (Å²) in [5.74, 6) is 0.0450. The predicted molar refractivity (Wildman–Crippen MR) is 122 cm³/mol. The third-order valence-corrected chi connectivity index (χ3v) is 6.93. The second kappa shape index (κ2) is 8.94. The number of H-pyrrole nitrogens is 1. The van der Waals surface area contributed by atoms with Crippen molar-refractivity contribution in [3.63, 3.8) is 0 Å². The maximum absolute atomic E-state index is 15.4. The molecule has 9 heteroatoms. The van der Waals surface area contributed by atoms with E-state index in [1.807, 2.05) is 4.90 Å². The van der Waals surface area contributed by atoms with Gasteiger partial charge < -0.3 is 14.5 Å². The van der Waals surface area contributed by atoms with Crippen LogP contribution < -0.4 is 20.9 Å². The number of aromatic amines is 1. The molecule has 2 unspecified atom stereocenters. The van der Waals surface area contributed by atoms with Gasteiger partial charge in [0.05, 0.1) is 19.0 Å². The first-order valence-electron chi connectivity index (χ1n) is 11.3. The van der Waals surface area contributed by atoms with Gasteiger partial charge in [0.15, 0.2) is 11.6 Å². The molecule has 1 saturated carbocycles. The van der Waals surface area contributed by atoms with Crippen LogP contribution in [-0.4, -0.2) is 60.3 Å². The number of ether oxygens (including phenoxy) is 1. The van der Waals surface area contributed by atoms with Crippen LogP contribution in [0.4, 0.5) is 10.1 Å². The van der Waals surface area contributed by atoms with Crippen LogP contribution >= 0.6 is 0 Å². The molecule has 2 fully saturated rings. The Hall–Kier alpha value is -2.86. The molecule has 32 heavy (non-hydrogen) atoms. The van der Waals surface area contributed by atoms with Crippen molar-refractivity contribution in [2.45, 2.75) is 45.2 Å². The van der Waals surface area contributed by atoms with E-state index in [1.165, 1.54) is 13.2 Å². The maximum Gasteiger partial charge on any atom is 0.329 e. The van der Waals surface area contributed by atoms with Crippen molar-refractivity contribution in [1.29, 1.82) is 0 Å². The van der Waals surface area contributed by atoms with Crippen LogP contribution in [0.15, 0.2) is 15.7 Å². The molecule has 2 aliphatic rings. The first kappa shape index (κ1) is 22.3. The van der Waals surface area contributed by atoms with Crippen LogP contribution in [0, 0.1) is 18.3 Å². The highest BCUT2D eigenvalue weighted by Gasteiger charge is 2.35. The Balaban J connectivity index is 1.73. The maximum atomic E-state index is 15.4. The van der Waals surface area contributed by atoms with Gasteiger partial charge in [-0.2, -0.15) is 0 Å². The summed E-state index contributed by atoms with van der Waals surface area (Å²) >= 11 is 0. The van der Waals surface area contributed by atoms with Gasteiger partial charge in [0.25, 0.3) is 5.56 Å². The van der Waals surface area contributed by atoms with Crippen molar-refractivity contribution in [1.82, 2.24) is 14.5 Å².